The second kappa shape index (κ2) is 7.55. The Morgan fingerprint density at radius 2 is 1.75 bits per heavy atom. The van der Waals surface area contributed by atoms with E-state index in [0.29, 0.717) is 0 Å². The van der Waals surface area contributed by atoms with Gasteiger partial charge in [-0.05, 0) is 12.1 Å². The maximum Gasteiger partial charge on any atom is 0.231 e. The third kappa shape index (κ3) is 3.26. The van der Waals surface area contributed by atoms with Gasteiger partial charge in [-0.2, -0.15) is 0 Å². The predicted molar refractivity (Wildman–Crippen MR) is 104 cm³/mol. The Morgan fingerprint density at radius 3 is 2.41 bits per heavy atom. The van der Waals surface area contributed by atoms with Crippen LogP contribution in [0.15, 0.2) is 39.5 Å². The minimum atomic E-state index is -2.54. The van der Waals surface area contributed by atoms with Gasteiger partial charge >= 0.3 is 0 Å². The summed E-state index contributed by atoms with van der Waals surface area (Å²) in [5.41, 5.74) is -1.15. The van der Waals surface area contributed by atoms with Gasteiger partial charge < -0.3 is 54.7 Å². The summed E-state index contributed by atoms with van der Waals surface area (Å²) in [7, 11) is 0. The fourth-order valence-electron chi connectivity index (χ4n) is 3.33. The molecule has 0 saturated carbocycles. The number of hydrogen-bond acceptors (Lipinski definition) is 12. The molecule has 0 radical (unpaired) electrons. The van der Waals surface area contributed by atoms with Crippen LogP contribution in [-0.4, -0.2) is 71.7 Å². The summed E-state index contributed by atoms with van der Waals surface area (Å²) >= 11 is 0. The summed E-state index contributed by atoms with van der Waals surface area (Å²) in [4.78, 5) is 12.5. The van der Waals surface area contributed by atoms with Gasteiger partial charge in [-0.15, -0.1) is 0 Å². The molecule has 2 heterocycles. The maximum absolute atomic E-state index is 12.5. The van der Waals surface area contributed by atoms with Crippen molar-refractivity contribution in [2.24, 2.45) is 0 Å². The number of fused-ring (bicyclic) bond motifs is 1. The number of aliphatic hydroxyl groups excluding tert-OH is 3. The third-order valence-electron chi connectivity index (χ3n) is 5.07. The van der Waals surface area contributed by atoms with Crippen LogP contribution in [0, 0.1) is 0 Å². The van der Waals surface area contributed by atoms with E-state index >= 15 is 0 Å². The Kier molecular flexibility index (Phi) is 5.11. The molecule has 12 heteroatoms. The number of rotatable bonds is 4. The molecule has 8 N–H and O–H groups in total. The molecule has 3 aromatic rings. The van der Waals surface area contributed by atoms with Gasteiger partial charge in [0, 0.05) is 12.1 Å². The highest BCUT2D eigenvalue weighted by Gasteiger charge is 2.54. The van der Waals surface area contributed by atoms with Crippen LogP contribution in [0.2, 0.25) is 0 Å². The molecule has 0 amide bonds. The van der Waals surface area contributed by atoms with Crippen molar-refractivity contribution in [3.8, 4) is 40.1 Å². The average Bonchev–Trinajstić information content (AvgIpc) is 2.97. The van der Waals surface area contributed by atoms with Gasteiger partial charge in [0.25, 0.3) is 0 Å². The van der Waals surface area contributed by atoms with E-state index in [2.05, 4.69) is 0 Å². The highest BCUT2D eigenvalue weighted by Crippen LogP contribution is 2.44. The van der Waals surface area contributed by atoms with Gasteiger partial charge in [-0.1, -0.05) is 6.07 Å². The monoisotopic (exact) mass is 450 g/mol. The number of hydrogen-bond donors (Lipinski definition) is 8. The van der Waals surface area contributed by atoms with Crippen LogP contribution >= 0.6 is 0 Å². The third-order valence-corrected chi connectivity index (χ3v) is 5.07. The van der Waals surface area contributed by atoms with Crippen molar-refractivity contribution in [2.45, 2.75) is 24.3 Å². The van der Waals surface area contributed by atoms with E-state index in [9.17, 15) is 40.5 Å². The second-order valence-electron chi connectivity index (χ2n) is 7.14. The Bertz CT molecular complexity index is 1250. The molecule has 1 aliphatic rings. The number of aliphatic hydroxyl groups is 4. The molecule has 0 aliphatic carbocycles. The quantitative estimate of drug-likeness (QED) is 0.235. The van der Waals surface area contributed by atoms with Crippen LogP contribution in [0.3, 0.4) is 0 Å². The van der Waals surface area contributed by atoms with Gasteiger partial charge in [0.1, 0.15) is 28.9 Å². The van der Waals surface area contributed by atoms with Crippen LogP contribution < -0.4 is 10.2 Å². The van der Waals surface area contributed by atoms with Crippen molar-refractivity contribution in [1.82, 2.24) is 0 Å². The van der Waals surface area contributed by atoms with E-state index < -0.39 is 70.5 Å². The van der Waals surface area contributed by atoms with Crippen LogP contribution in [0.5, 0.6) is 28.7 Å². The van der Waals surface area contributed by atoms with E-state index in [1.807, 2.05) is 0 Å². The molecule has 4 rings (SSSR count). The van der Waals surface area contributed by atoms with E-state index in [4.69, 9.17) is 19.0 Å². The molecule has 0 spiro atoms. The van der Waals surface area contributed by atoms with E-state index in [-0.39, 0.29) is 16.9 Å². The molecule has 1 fully saturated rings. The molecule has 32 heavy (non-hydrogen) atoms. The van der Waals surface area contributed by atoms with Crippen molar-refractivity contribution >= 4 is 11.0 Å². The first-order valence-corrected chi connectivity index (χ1v) is 9.15. The SMILES string of the molecule is O=c1cc(-c2cccc(O)c2O)oc2cc(O[C@H]3O[C@](O)(CO)[C@@H](O)[C@H]3O)c(O)c(O)c12. The summed E-state index contributed by atoms with van der Waals surface area (Å²) in [6.45, 7) is -1.08. The maximum atomic E-state index is 12.5. The van der Waals surface area contributed by atoms with Crippen molar-refractivity contribution in [3.63, 3.8) is 0 Å². The molecule has 4 atom stereocenters. The molecule has 1 aliphatic heterocycles. The number of para-hydroxylation sites is 1. The molecule has 0 bridgehead atoms. The normalized spacial score (nSPS) is 25.3. The number of aromatic hydroxyl groups is 4. The van der Waals surface area contributed by atoms with Crippen LogP contribution in [0.4, 0.5) is 0 Å². The Balaban J connectivity index is 1.81. The predicted octanol–water partition coefficient (Wildman–Crippen LogP) is -0.580. The fraction of sp³-hybridized carbons (Fsp3) is 0.250. The highest BCUT2D eigenvalue weighted by molar-refractivity contribution is 5.89. The van der Waals surface area contributed by atoms with Crippen molar-refractivity contribution < 1.29 is 54.7 Å². The van der Waals surface area contributed by atoms with E-state index in [1.165, 1.54) is 18.2 Å². The van der Waals surface area contributed by atoms with Gasteiger partial charge in [0.2, 0.25) is 17.8 Å². The molecular formula is C20H18O12. The lowest BCUT2D eigenvalue weighted by Crippen LogP contribution is -2.46. The summed E-state index contributed by atoms with van der Waals surface area (Å²) < 4.78 is 15.7. The minimum Gasteiger partial charge on any atom is -0.504 e. The van der Waals surface area contributed by atoms with Crippen LogP contribution in [0.25, 0.3) is 22.3 Å². The van der Waals surface area contributed by atoms with Crippen LogP contribution in [-0.2, 0) is 4.74 Å². The topological polar surface area (TPSA) is 211 Å². The highest BCUT2D eigenvalue weighted by atomic mass is 16.8. The Labute approximate surface area is 178 Å². The number of phenols is 4. The minimum absolute atomic E-state index is 0.0373. The number of phenolic OH excluding ortho intramolecular Hbond substituents is 4. The fourth-order valence-corrected chi connectivity index (χ4v) is 3.33. The smallest absolute Gasteiger partial charge is 0.231 e. The van der Waals surface area contributed by atoms with Gasteiger partial charge in [0.05, 0.1) is 12.2 Å². The molecule has 12 nitrogen and oxygen atoms in total. The first-order valence-electron chi connectivity index (χ1n) is 9.15. The van der Waals surface area contributed by atoms with Gasteiger partial charge in [-0.3, -0.25) is 4.79 Å². The second-order valence-corrected chi connectivity index (χ2v) is 7.14. The van der Waals surface area contributed by atoms with Crippen molar-refractivity contribution in [3.05, 3.63) is 40.6 Å². The molecule has 1 saturated heterocycles. The first-order chi connectivity index (χ1) is 15.1. The zero-order valence-corrected chi connectivity index (χ0v) is 16.0. The lowest BCUT2D eigenvalue weighted by molar-refractivity contribution is -0.267. The van der Waals surface area contributed by atoms with Crippen molar-refractivity contribution in [1.29, 1.82) is 0 Å². The lowest BCUT2D eigenvalue weighted by Gasteiger charge is -2.22. The Hall–Kier alpha value is -3.55. The number of benzene rings is 2. The van der Waals surface area contributed by atoms with Crippen molar-refractivity contribution in [2.75, 3.05) is 6.61 Å². The van der Waals surface area contributed by atoms with E-state index in [0.717, 1.165) is 12.1 Å². The first kappa shape index (κ1) is 21.7. The summed E-state index contributed by atoms with van der Waals surface area (Å²) in [5.74, 6) is -6.17. The van der Waals surface area contributed by atoms with Gasteiger partial charge in [0.15, 0.2) is 28.4 Å². The largest absolute Gasteiger partial charge is 0.504 e. The summed E-state index contributed by atoms with van der Waals surface area (Å²) in [5, 5.41) is 78.8. The molecule has 1 aromatic heterocycles. The number of ether oxygens (including phenoxy) is 2. The van der Waals surface area contributed by atoms with Crippen LogP contribution in [0.1, 0.15) is 0 Å². The molecular weight excluding hydrogens is 432 g/mol. The molecule has 2 aromatic carbocycles. The lowest BCUT2D eigenvalue weighted by atomic mass is 10.1. The average molecular weight is 450 g/mol. The summed E-state index contributed by atoms with van der Waals surface area (Å²) in [6, 6.07) is 5.86. The molecule has 170 valence electrons. The zero-order valence-electron chi connectivity index (χ0n) is 16.0. The zero-order chi connectivity index (χ0) is 23.4. The van der Waals surface area contributed by atoms with Gasteiger partial charge in [-0.25, -0.2) is 0 Å². The van der Waals surface area contributed by atoms with E-state index in [1.54, 1.807) is 0 Å². The summed E-state index contributed by atoms with van der Waals surface area (Å²) in [6.07, 6.45) is -5.59. The Morgan fingerprint density at radius 1 is 1.03 bits per heavy atom. The standard InChI is InChI=1S/C20H18O12/c21-6-20(29)18(28)17(27)19(32-20)31-12-5-11-13(16(26)15(12)25)9(23)4-10(30-11)7-2-1-3-8(22)14(7)24/h1-5,17-19,21-22,24-29H,6H2/t17-,18+,19+,20-/m1/s1. The molecule has 0 unspecified atom stereocenters.